The van der Waals surface area contributed by atoms with Crippen molar-refractivity contribution in [1.29, 1.82) is 0 Å². The lowest BCUT2D eigenvalue weighted by atomic mass is 10.0. The molecule has 0 fully saturated rings. The molecule has 0 saturated heterocycles. The highest BCUT2D eigenvalue weighted by molar-refractivity contribution is 5.53. The summed E-state index contributed by atoms with van der Waals surface area (Å²) in [7, 11) is 2.82. The van der Waals surface area contributed by atoms with Gasteiger partial charge in [-0.05, 0) is 36.1 Å². The molecule has 204 valence electrons. The molecule has 1 aliphatic heterocycles. The van der Waals surface area contributed by atoms with Gasteiger partial charge in [0.2, 0.25) is 6.41 Å². The Labute approximate surface area is 224 Å². The van der Waals surface area contributed by atoms with E-state index in [0.29, 0.717) is 30.1 Å². The van der Waals surface area contributed by atoms with Gasteiger partial charge in [0.15, 0.2) is 11.5 Å². The molecule has 0 atom stereocenters. The summed E-state index contributed by atoms with van der Waals surface area (Å²) >= 11 is 0. The van der Waals surface area contributed by atoms with Crippen LogP contribution in [0.3, 0.4) is 0 Å². The number of benzene rings is 3. The van der Waals surface area contributed by atoms with Crippen LogP contribution in [0, 0.1) is 17.0 Å². The molecule has 4 rings (SSSR count). The molecule has 3 aromatic carbocycles. The summed E-state index contributed by atoms with van der Waals surface area (Å²) in [5.41, 5.74) is 4.22. The highest BCUT2D eigenvalue weighted by Gasteiger charge is 2.17. The van der Waals surface area contributed by atoms with Crippen LogP contribution in [0.2, 0.25) is 0 Å². The minimum absolute atomic E-state index is 0.0221. The summed E-state index contributed by atoms with van der Waals surface area (Å²) in [6.45, 7) is 8.01. The molecule has 0 radical (unpaired) electrons. The number of aryl methyl sites for hydroxylation is 1. The summed E-state index contributed by atoms with van der Waals surface area (Å²) in [4.78, 5) is 31.8. The van der Waals surface area contributed by atoms with Crippen molar-refractivity contribution in [3.63, 3.8) is 0 Å². The zero-order valence-corrected chi connectivity index (χ0v) is 22.6. The molecular weight excluding hydrogens is 488 g/mol. The number of amides is 1. The molecule has 1 aliphatic rings. The van der Waals surface area contributed by atoms with Crippen molar-refractivity contribution in [3.05, 3.63) is 99.1 Å². The lowest BCUT2D eigenvalue weighted by Gasteiger charge is -2.24. The molecule has 0 saturated carbocycles. The molecule has 0 N–H and O–H groups in total. The number of fused-ring (bicyclic) bond motifs is 1. The maximum atomic E-state index is 11.0. The van der Waals surface area contributed by atoms with E-state index in [1.54, 1.807) is 13.0 Å². The van der Waals surface area contributed by atoms with Crippen LogP contribution >= 0.6 is 0 Å². The molecule has 0 unspecified atom stereocenters. The van der Waals surface area contributed by atoms with Gasteiger partial charge in [0.1, 0.15) is 6.61 Å². The van der Waals surface area contributed by atoms with Crippen LogP contribution in [0.25, 0.3) is 0 Å². The Morgan fingerprint density at radius 1 is 0.947 bits per heavy atom. The summed E-state index contributed by atoms with van der Waals surface area (Å²) in [6, 6.07) is 20.9. The minimum Gasteiger partial charge on any atom is -0.493 e. The molecule has 0 aromatic heterocycles. The lowest BCUT2D eigenvalue weighted by Crippen LogP contribution is -2.28. The van der Waals surface area contributed by atoms with Gasteiger partial charge in [0.05, 0.1) is 25.2 Å². The third-order valence-electron chi connectivity index (χ3n) is 5.32. The molecule has 1 heterocycles. The van der Waals surface area contributed by atoms with E-state index in [2.05, 4.69) is 22.9 Å². The molecule has 9 heteroatoms. The van der Waals surface area contributed by atoms with Gasteiger partial charge in [0, 0.05) is 18.7 Å². The van der Waals surface area contributed by atoms with E-state index in [9.17, 15) is 14.9 Å². The van der Waals surface area contributed by atoms with Gasteiger partial charge >= 0.3 is 0 Å². The molecular formula is C29H36N2O7. The summed E-state index contributed by atoms with van der Waals surface area (Å²) in [5, 5.41) is 11.0. The monoisotopic (exact) mass is 524 g/mol. The third kappa shape index (κ3) is 10.3. The maximum absolute atomic E-state index is 11.0. The first kappa shape index (κ1) is 31.6. The van der Waals surface area contributed by atoms with Crippen molar-refractivity contribution in [2.75, 3.05) is 20.8 Å². The first-order valence-corrected chi connectivity index (χ1v) is 12.2. The number of nitro benzene ring substituents is 1. The van der Waals surface area contributed by atoms with Crippen molar-refractivity contribution < 1.29 is 28.7 Å². The summed E-state index contributed by atoms with van der Waals surface area (Å²) < 4.78 is 14.7. The first-order chi connectivity index (χ1) is 18.4. The number of carbonyl (C=O) groups is 2. The smallest absolute Gasteiger partial charge is 0.292 e. The molecule has 0 bridgehead atoms. The Morgan fingerprint density at radius 3 is 2.11 bits per heavy atom. The van der Waals surface area contributed by atoms with E-state index >= 15 is 0 Å². The second kappa shape index (κ2) is 17.9. The molecule has 3 aromatic rings. The third-order valence-corrected chi connectivity index (χ3v) is 5.32. The van der Waals surface area contributed by atoms with E-state index < -0.39 is 4.92 Å². The van der Waals surface area contributed by atoms with Crippen molar-refractivity contribution >= 4 is 18.6 Å². The Hall–Kier alpha value is -4.40. The van der Waals surface area contributed by atoms with Crippen LogP contribution in [0.5, 0.6) is 11.5 Å². The Kier molecular flexibility index (Phi) is 14.9. The average molecular weight is 525 g/mol. The van der Waals surface area contributed by atoms with Crippen LogP contribution in [0.1, 0.15) is 36.1 Å². The molecule has 0 spiro atoms. The number of hydrogen-bond acceptors (Lipinski definition) is 7. The molecule has 38 heavy (non-hydrogen) atoms. The van der Waals surface area contributed by atoms with Gasteiger partial charge in [0.25, 0.3) is 12.2 Å². The van der Waals surface area contributed by atoms with E-state index in [4.69, 9.17) is 14.3 Å². The summed E-state index contributed by atoms with van der Waals surface area (Å²) in [5.74, 6) is 0.859. The van der Waals surface area contributed by atoms with Gasteiger partial charge < -0.3 is 19.1 Å². The summed E-state index contributed by atoms with van der Waals surface area (Å²) in [6.07, 6.45) is 1.92. The standard InChI is InChI=1S/C15H15NO4.C10H11NO.C2H4O2.C2H6/c1-11-8-14(19-2)15(9-13(11)16(17)18)20-10-12-6-4-3-5-7-12;12-8-11-6-5-9-3-1-2-4-10(9)7-11;1-4-2-3;1-2/h3-9H,10H2,1-2H3;1-4,8H,5-7H2;2H,1H3;1-2H3. The fourth-order valence-corrected chi connectivity index (χ4v) is 3.46. The van der Waals surface area contributed by atoms with Crippen molar-refractivity contribution in [1.82, 2.24) is 4.90 Å². The molecule has 1 amide bonds. The number of ether oxygens (including phenoxy) is 3. The normalized spacial score (nSPS) is 10.9. The highest BCUT2D eigenvalue weighted by Crippen LogP contribution is 2.34. The van der Waals surface area contributed by atoms with Crippen molar-refractivity contribution in [2.24, 2.45) is 0 Å². The van der Waals surface area contributed by atoms with E-state index in [1.165, 1.54) is 31.4 Å². The Morgan fingerprint density at radius 2 is 1.55 bits per heavy atom. The zero-order chi connectivity index (χ0) is 28.3. The predicted molar refractivity (Wildman–Crippen MR) is 146 cm³/mol. The van der Waals surface area contributed by atoms with Gasteiger partial charge in [-0.15, -0.1) is 0 Å². The van der Waals surface area contributed by atoms with Crippen LogP contribution in [0.15, 0.2) is 66.7 Å². The first-order valence-electron chi connectivity index (χ1n) is 12.2. The Balaban J connectivity index is 0.000000339. The van der Waals surface area contributed by atoms with E-state index in [0.717, 1.165) is 31.5 Å². The van der Waals surface area contributed by atoms with E-state index in [-0.39, 0.29) is 5.69 Å². The van der Waals surface area contributed by atoms with Gasteiger partial charge in [-0.2, -0.15) is 0 Å². The van der Waals surface area contributed by atoms with Crippen molar-refractivity contribution in [3.8, 4) is 11.5 Å². The van der Waals surface area contributed by atoms with Gasteiger partial charge in [-0.25, -0.2) is 0 Å². The maximum Gasteiger partial charge on any atom is 0.292 e. The number of nitro groups is 1. The predicted octanol–water partition coefficient (Wildman–Crippen LogP) is 5.51. The average Bonchev–Trinajstić information content (AvgIpc) is 2.97. The number of nitrogens with zero attached hydrogens (tertiary/aromatic N) is 2. The van der Waals surface area contributed by atoms with Crippen LogP contribution in [-0.4, -0.2) is 43.5 Å². The lowest BCUT2D eigenvalue weighted by molar-refractivity contribution is -0.385. The van der Waals surface area contributed by atoms with Crippen LogP contribution in [0.4, 0.5) is 5.69 Å². The second-order valence-corrected chi connectivity index (χ2v) is 7.75. The highest BCUT2D eigenvalue weighted by atomic mass is 16.6. The fraction of sp³-hybridized carbons (Fsp3) is 0.310. The van der Waals surface area contributed by atoms with E-state index in [1.807, 2.05) is 55.1 Å². The Bertz CT molecular complexity index is 1140. The minimum atomic E-state index is -0.426. The quantitative estimate of drug-likeness (QED) is 0.228. The number of carbonyl (C=O) groups excluding carboxylic acids is 2. The molecule has 9 nitrogen and oxygen atoms in total. The van der Waals surface area contributed by atoms with Crippen LogP contribution in [-0.2, 0) is 33.9 Å². The van der Waals surface area contributed by atoms with Gasteiger partial charge in [-0.3, -0.25) is 19.7 Å². The number of hydrogen-bond donors (Lipinski definition) is 0. The van der Waals surface area contributed by atoms with Gasteiger partial charge in [-0.1, -0.05) is 68.4 Å². The van der Waals surface area contributed by atoms with Crippen molar-refractivity contribution in [2.45, 2.75) is 40.3 Å². The largest absolute Gasteiger partial charge is 0.493 e. The number of rotatable bonds is 7. The topological polar surface area (TPSA) is 108 Å². The zero-order valence-electron chi connectivity index (χ0n) is 22.6. The fourth-order valence-electron chi connectivity index (χ4n) is 3.46. The molecule has 0 aliphatic carbocycles. The van der Waals surface area contributed by atoms with Crippen LogP contribution < -0.4 is 9.47 Å². The number of methoxy groups -OCH3 is 2. The second-order valence-electron chi connectivity index (χ2n) is 7.75. The SMILES string of the molecule is CC.COC=O.COc1cc(C)c([N+](=O)[O-])cc1OCc1ccccc1.O=CN1CCc2ccccc2C1.